The van der Waals surface area contributed by atoms with Crippen LogP contribution in [-0.4, -0.2) is 70.0 Å². The van der Waals surface area contributed by atoms with Crippen molar-refractivity contribution >= 4 is 23.7 Å². The number of phenols is 1. The molecule has 1 aromatic carbocycles. The van der Waals surface area contributed by atoms with Crippen LogP contribution >= 0.6 is 0 Å². The lowest BCUT2D eigenvalue weighted by Gasteiger charge is -2.27. The number of phenolic OH excluding ortho intramolecular Hbond substituents is 1. The van der Waals surface area contributed by atoms with Gasteiger partial charge in [0.1, 0.15) is 17.8 Å². The van der Waals surface area contributed by atoms with Gasteiger partial charge in [-0.2, -0.15) is 0 Å². The van der Waals surface area contributed by atoms with Crippen molar-refractivity contribution in [3.8, 4) is 5.75 Å². The maximum atomic E-state index is 12.8. The van der Waals surface area contributed by atoms with E-state index in [0.29, 0.717) is 19.4 Å². The van der Waals surface area contributed by atoms with Crippen LogP contribution in [0.25, 0.3) is 0 Å². The third kappa shape index (κ3) is 7.23. The van der Waals surface area contributed by atoms with Crippen LogP contribution in [0, 0.1) is 5.92 Å². The topological polar surface area (TPSA) is 162 Å². The van der Waals surface area contributed by atoms with E-state index in [0.717, 1.165) is 5.56 Å². The number of aliphatic carboxylic acids is 1. The summed E-state index contributed by atoms with van der Waals surface area (Å²) < 4.78 is 0. The quantitative estimate of drug-likeness (QED) is 0.336. The van der Waals surface area contributed by atoms with E-state index in [-0.39, 0.29) is 37.0 Å². The summed E-state index contributed by atoms with van der Waals surface area (Å²) in [6.45, 7) is 3.71. The van der Waals surface area contributed by atoms with Crippen LogP contribution < -0.4 is 16.4 Å². The average Bonchev–Trinajstić information content (AvgIpc) is 3.22. The first kappa shape index (κ1) is 25.1. The minimum absolute atomic E-state index is 0.0786. The number of nitrogens with two attached hydrogens (primary N) is 1. The van der Waals surface area contributed by atoms with Crippen molar-refractivity contribution in [2.24, 2.45) is 11.7 Å². The molecule has 1 saturated heterocycles. The van der Waals surface area contributed by atoms with Crippen LogP contribution in [0.5, 0.6) is 5.75 Å². The molecule has 3 unspecified atom stereocenters. The molecule has 1 fully saturated rings. The van der Waals surface area contributed by atoms with E-state index >= 15 is 0 Å². The number of carbonyl (C=O) groups excluding carboxylic acids is 3. The SMILES string of the molecule is CC(C)CC(NC(=O)CNC(=O)C1CCCN1C(=O)C(N)Cc1ccc(O)cc1)C(=O)O. The first-order chi connectivity index (χ1) is 15.1. The molecule has 0 spiro atoms. The van der Waals surface area contributed by atoms with E-state index < -0.39 is 35.9 Å². The van der Waals surface area contributed by atoms with E-state index in [9.17, 15) is 29.4 Å². The van der Waals surface area contributed by atoms with Crippen molar-refractivity contribution in [3.63, 3.8) is 0 Å². The van der Waals surface area contributed by atoms with Crippen LogP contribution in [0.2, 0.25) is 0 Å². The number of nitrogens with one attached hydrogen (secondary N) is 2. The predicted molar refractivity (Wildman–Crippen MR) is 117 cm³/mol. The lowest BCUT2D eigenvalue weighted by Crippen LogP contribution is -2.53. The lowest BCUT2D eigenvalue weighted by atomic mass is 10.0. The maximum Gasteiger partial charge on any atom is 0.326 e. The molecule has 10 nitrogen and oxygen atoms in total. The molecule has 0 aromatic heterocycles. The number of hydrogen-bond donors (Lipinski definition) is 5. The van der Waals surface area contributed by atoms with Gasteiger partial charge in [0.25, 0.3) is 0 Å². The summed E-state index contributed by atoms with van der Waals surface area (Å²) in [5.74, 6) is -2.37. The number of hydrogen-bond acceptors (Lipinski definition) is 6. The molecule has 176 valence electrons. The van der Waals surface area contributed by atoms with Crippen molar-refractivity contribution in [2.45, 2.75) is 57.7 Å². The van der Waals surface area contributed by atoms with Gasteiger partial charge in [0, 0.05) is 6.54 Å². The molecule has 0 radical (unpaired) electrons. The van der Waals surface area contributed by atoms with Crippen molar-refractivity contribution in [1.82, 2.24) is 15.5 Å². The van der Waals surface area contributed by atoms with Gasteiger partial charge in [-0.15, -0.1) is 0 Å². The highest BCUT2D eigenvalue weighted by Crippen LogP contribution is 2.19. The summed E-state index contributed by atoms with van der Waals surface area (Å²) in [6, 6.07) is 3.79. The minimum Gasteiger partial charge on any atom is -0.508 e. The Kier molecular flexibility index (Phi) is 9.01. The van der Waals surface area contributed by atoms with E-state index in [2.05, 4.69) is 10.6 Å². The van der Waals surface area contributed by atoms with Gasteiger partial charge in [-0.1, -0.05) is 26.0 Å². The molecule has 0 saturated carbocycles. The zero-order valence-corrected chi connectivity index (χ0v) is 18.4. The number of benzene rings is 1. The highest BCUT2D eigenvalue weighted by atomic mass is 16.4. The van der Waals surface area contributed by atoms with Gasteiger partial charge < -0.3 is 31.5 Å². The Hall–Kier alpha value is -3.14. The molecule has 1 heterocycles. The minimum atomic E-state index is -1.13. The smallest absolute Gasteiger partial charge is 0.326 e. The van der Waals surface area contributed by atoms with E-state index in [4.69, 9.17) is 5.73 Å². The van der Waals surface area contributed by atoms with Gasteiger partial charge in [0.15, 0.2) is 0 Å². The largest absolute Gasteiger partial charge is 0.508 e. The van der Waals surface area contributed by atoms with Gasteiger partial charge >= 0.3 is 5.97 Å². The van der Waals surface area contributed by atoms with Crippen molar-refractivity contribution in [2.75, 3.05) is 13.1 Å². The molecule has 3 atom stereocenters. The number of carboxylic acids is 1. The monoisotopic (exact) mass is 448 g/mol. The number of rotatable bonds is 10. The summed E-state index contributed by atoms with van der Waals surface area (Å²) in [5.41, 5.74) is 6.86. The Morgan fingerprint density at radius 3 is 2.44 bits per heavy atom. The summed E-state index contributed by atoms with van der Waals surface area (Å²) in [7, 11) is 0. The second-order valence-corrected chi connectivity index (χ2v) is 8.47. The Labute approximate surface area is 187 Å². The fourth-order valence-corrected chi connectivity index (χ4v) is 3.71. The molecule has 0 bridgehead atoms. The Morgan fingerprint density at radius 2 is 1.84 bits per heavy atom. The fourth-order valence-electron chi connectivity index (χ4n) is 3.71. The van der Waals surface area contributed by atoms with E-state index in [1.807, 2.05) is 13.8 Å². The summed E-state index contributed by atoms with van der Waals surface area (Å²) in [4.78, 5) is 50.2. The molecule has 10 heteroatoms. The van der Waals surface area contributed by atoms with Crippen LogP contribution in [-0.2, 0) is 25.6 Å². The molecule has 1 aromatic rings. The number of likely N-dealkylation sites (tertiary alicyclic amines) is 1. The highest BCUT2D eigenvalue weighted by Gasteiger charge is 2.36. The Balaban J connectivity index is 1.89. The maximum absolute atomic E-state index is 12.8. The zero-order chi connectivity index (χ0) is 23.8. The molecule has 6 N–H and O–H groups in total. The Bertz CT molecular complexity index is 826. The molecule has 0 aliphatic carbocycles. The number of carboxylic acid groups (broad SMARTS) is 1. The average molecular weight is 449 g/mol. The highest BCUT2D eigenvalue weighted by molar-refractivity contribution is 5.93. The molecule has 1 aliphatic heterocycles. The molecular weight excluding hydrogens is 416 g/mol. The van der Waals surface area contributed by atoms with Crippen molar-refractivity contribution in [3.05, 3.63) is 29.8 Å². The number of nitrogens with zero attached hydrogens (tertiary/aromatic N) is 1. The van der Waals surface area contributed by atoms with Crippen LogP contribution in [0.15, 0.2) is 24.3 Å². The van der Waals surface area contributed by atoms with Crippen molar-refractivity contribution in [1.29, 1.82) is 0 Å². The van der Waals surface area contributed by atoms with Crippen LogP contribution in [0.1, 0.15) is 38.7 Å². The first-order valence-electron chi connectivity index (χ1n) is 10.7. The molecule has 2 rings (SSSR count). The Morgan fingerprint density at radius 1 is 1.19 bits per heavy atom. The van der Waals surface area contributed by atoms with Gasteiger partial charge in [-0.3, -0.25) is 14.4 Å². The van der Waals surface area contributed by atoms with Crippen LogP contribution in [0.4, 0.5) is 0 Å². The summed E-state index contributed by atoms with van der Waals surface area (Å²) >= 11 is 0. The molecule has 1 aliphatic rings. The third-order valence-electron chi connectivity index (χ3n) is 5.31. The van der Waals surface area contributed by atoms with Gasteiger partial charge in [0.05, 0.1) is 12.6 Å². The second kappa shape index (κ2) is 11.5. The summed E-state index contributed by atoms with van der Waals surface area (Å²) in [5, 5.41) is 23.5. The first-order valence-corrected chi connectivity index (χ1v) is 10.7. The standard InChI is InChI=1S/C22H32N4O6/c1-13(2)10-17(22(31)32)25-19(28)12-24-20(29)18-4-3-9-26(18)21(30)16(23)11-14-5-7-15(27)8-6-14/h5-8,13,16-18,27H,3-4,9-12,23H2,1-2H3,(H,24,29)(H,25,28)(H,31,32). The van der Waals surface area contributed by atoms with Gasteiger partial charge in [0.2, 0.25) is 17.7 Å². The lowest BCUT2D eigenvalue weighted by molar-refractivity contribution is -0.142. The fraction of sp³-hybridized carbons (Fsp3) is 0.545. The second-order valence-electron chi connectivity index (χ2n) is 8.47. The van der Waals surface area contributed by atoms with Crippen molar-refractivity contribution < 1.29 is 29.4 Å². The molecule has 32 heavy (non-hydrogen) atoms. The molecule has 3 amide bonds. The number of aromatic hydroxyl groups is 1. The number of amides is 3. The zero-order valence-electron chi connectivity index (χ0n) is 18.4. The van der Waals surface area contributed by atoms with E-state index in [1.165, 1.54) is 17.0 Å². The van der Waals surface area contributed by atoms with Crippen LogP contribution in [0.3, 0.4) is 0 Å². The van der Waals surface area contributed by atoms with Gasteiger partial charge in [-0.25, -0.2) is 4.79 Å². The molecular formula is C22H32N4O6. The normalized spacial score (nSPS) is 17.6. The summed E-state index contributed by atoms with van der Waals surface area (Å²) in [6.07, 6.45) is 1.63. The number of carbonyl (C=O) groups is 4. The van der Waals surface area contributed by atoms with E-state index in [1.54, 1.807) is 12.1 Å². The third-order valence-corrected chi connectivity index (χ3v) is 5.31. The predicted octanol–water partition coefficient (Wildman–Crippen LogP) is -0.0153. The van der Waals surface area contributed by atoms with Gasteiger partial charge in [-0.05, 0) is 49.3 Å².